The minimum atomic E-state index is -0.974. The Bertz CT molecular complexity index is 3880. The summed E-state index contributed by atoms with van der Waals surface area (Å²) >= 11 is 1.40. The lowest BCUT2D eigenvalue weighted by Crippen LogP contribution is -2.47. The van der Waals surface area contributed by atoms with E-state index in [0.29, 0.717) is 87.2 Å². The second-order valence-electron chi connectivity index (χ2n) is 31.1. The predicted molar refractivity (Wildman–Crippen MR) is 507 cm³/mol. The molecule has 818 valence electrons. The lowest BCUT2D eigenvalue weighted by atomic mass is 9.77. The lowest BCUT2D eigenvalue weighted by Gasteiger charge is -2.34. The van der Waals surface area contributed by atoms with E-state index in [1.54, 1.807) is 52.7 Å². The number of carbonyl (C=O) groups excluding carboxylic acids is 21. The first-order chi connectivity index (χ1) is 66.8. The van der Waals surface area contributed by atoms with Crippen LogP contribution in [0.5, 0.6) is 5.75 Å². The lowest BCUT2D eigenvalue weighted by molar-refractivity contribution is -0.180. The number of methoxy groups -OCH3 is 6. The van der Waals surface area contributed by atoms with Crippen molar-refractivity contribution >= 4 is 136 Å². The van der Waals surface area contributed by atoms with E-state index in [0.717, 1.165) is 0 Å². The van der Waals surface area contributed by atoms with Crippen LogP contribution < -0.4 is 31.3 Å². The zero-order valence-corrected chi connectivity index (χ0v) is 86.5. The molecule has 50 heteroatoms. The Labute approximate surface area is 838 Å². The van der Waals surface area contributed by atoms with Crippen molar-refractivity contribution in [3.63, 3.8) is 0 Å². The minimum absolute atomic E-state index is 0. The van der Waals surface area contributed by atoms with Gasteiger partial charge in [-0.1, -0.05) is 19.6 Å². The summed E-state index contributed by atoms with van der Waals surface area (Å²) in [4.78, 5) is 235. The zero-order chi connectivity index (χ0) is 109. The van der Waals surface area contributed by atoms with E-state index in [4.69, 9.17) is 99.5 Å². The van der Waals surface area contributed by atoms with Gasteiger partial charge in [-0.05, 0) is 90.2 Å². The molecule has 0 radical (unpaired) electrons. The Hall–Kier alpha value is -11.9. The summed E-state index contributed by atoms with van der Waals surface area (Å²) in [5, 5.41) is 12.1. The average molecular weight is 2080 g/mol. The van der Waals surface area contributed by atoms with Crippen molar-refractivity contribution in [2.45, 2.75) is 205 Å². The third-order valence-corrected chi connectivity index (χ3v) is 19.0. The molecule has 143 heavy (non-hydrogen) atoms. The van der Waals surface area contributed by atoms with Crippen LogP contribution in [0.3, 0.4) is 0 Å². The Balaban J connectivity index is -0.000000540. The minimum Gasteiger partial charge on any atom is -0.486 e. The van der Waals surface area contributed by atoms with Gasteiger partial charge in [-0.2, -0.15) is 11.8 Å². The van der Waals surface area contributed by atoms with Gasteiger partial charge in [0.05, 0.1) is 98.2 Å². The maximum absolute atomic E-state index is 11.5. The first-order valence-corrected chi connectivity index (χ1v) is 45.5. The van der Waals surface area contributed by atoms with Crippen molar-refractivity contribution in [3.8, 4) is 5.75 Å². The second kappa shape index (κ2) is 84.6. The first-order valence-electron chi connectivity index (χ1n) is 44.3. The van der Waals surface area contributed by atoms with Gasteiger partial charge in [0.15, 0.2) is 41.1 Å². The van der Waals surface area contributed by atoms with Crippen molar-refractivity contribution in [1.29, 1.82) is 0 Å². The van der Waals surface area contributed by atoms with Gasteiger partial charge >= 0.3 is 84.1 Å². The van der Waals surface area contributed by atoms with Crippen LogP contribution in [0.2, 0.25) is 0 Å². The molecule has 2 rings (SSSR count). The van der Waals surface area contributed by atoms with E-state index in [-0.39, 0.29) is 172 Å². The Morgan fingerprint density at radius 2 is 0.818 bits per heavy atom. The molecule has 4 atom stereocenters. The van der Waals surface area contributed by atoms with E-state index >= 15 is 0 Å². The molecule has 0 aromatic heterocycles. The van der Waals surface area contributed by atoms with E-state index in [1.807, 2.05) is 0 Å². The molecule has 5 amide bonds. The average Bonchev–Trinajstić information content (AvgIpc) is 0.814. The Morgan fingerprint density at radius 3 is 1.17 bits per heavy atom. The number of benzene rings is 1. The van der Waals surface area contributed by atoms with Crippen molar-refractivity contribution in [3.05, 3.63) is 41.5 Å². The molecular weight excluding hydrogens is 1920 g/mol. The van der Waals surface area contributed by atoms with Crippen LogP contribution in [0.15, 0.2) is 35.9 Å². The molecule has 1 aliphatic carbocycles. The maximum atomic E-state index is 11.5. The normalized spacial score (nSPS) is 12.8. The highest BCUT2D eigenvalue weighted by molar-refractivity contribution is 7.99. The molecule has 1 unspecified atom stereocenters. The fraction of sp³-hybridized carbons (Fsp3) is 0.688. The Morgan fingerprint density at radius 1 is 0.413 bits per heavy atom. The number of Topliss-reactive ketones (excluding diaryl/α,β-unsaturated/α-hetero) is 6. The molecule has 0 spiro atoms. The van der Waals surface area contributed by atoms with Gasteiger partial charge in [-0.15, -0.1) is 0 Å². The van der Waals surface area contributed by atoms with Crippen molar-refractivity contribution < 1.29 is 210 Å². The third-order valence-electron chi connectivity index (χ3n) is 17.7. The van der Waals surface area contributed by atoms with Crippen molar-refractivity contribution in [1.82, 2.24) is 26.6 Å². The topological polar surface area (TPSA) is 631 Å². The van der Waals surface area contributed by atoms with Crippen molar-refractivity contribution in [2.75, 3.05) is 200 Å². The molecule has 49 nitrogen and oxygen atoms in total. The van der Waals surface area contributed by atoms with Gasteiger partial charge in [0.1, 0.15) is 94.9 Å². The van der Waals surface area contributed by atoms with Crippen LogP contribution in [0.4, 0.5) is 19.2 Å². The number of unbranched alkanes of at least 4 members (excludes halogenated alkanes) is 1. The van der Waals surface area contributed by atoms with Crippen LogP contribution in [-0.2, 0) is 186 Å². The molecule has 0 saturated heterocycles. The number of hydrogen-bond donors (Lipinski definition) is 5. The first kappa shape index (κ1) is 140. The van der Waals surface area contributed by atoms with Crippen LogP contribution in [0.1, 0.15) is 162 Å². The van der Waals surface area contributed by atoms with Gasteiger partial charge in [0, 0.05) is 161 Å². The highest BCUT2D eigenvalue weighted by atomic mass is 32.2. The summed E-state index contributed by atoms with van der Waals surface area (Å²) in [5.74, 6) is -7.18. The fourth-order valence-electron chi connectivity index (χ4n) is 11.4. The predicted octanol–water partition coefficient (Wildman–Crippen LogP) is 4.87. The molecule has 1 aliphatic rings. The summed E-state index contributed by atoms with van der Waals surface area (Å²) in [5.41, 5.74) is 0.113. The maximum Gasteiger partial charge on any atom is 0.407 e. The van der Waals surface area contributed by atoms with Crippen LogP contribution in [0, 0.1) is 17.3 Å². The summed E-state index contributed by atoms with van der Waals surface area (Å²) in [6.07, 6.45) is -3.43. The molecule has 0 heterocycles. The quantitative estimate of drug-likeness (QED) is 0.0251. The largest absolute Gasteiger partial charge is 0.486 e. The smallest absolute Gasteiger partial charge is 0.407 e. The Kier molecular flexibility index (Phi) is 82.5. The highest BCUT2D eigenvalue weighted by Crippen LogP contribution is 2.37. The summed E-state index contributed by atoms with van der Waals surface area (Å²) in [7, 11) is 11.7. The number of amides is 5. The number of nitrogens with one attached hydrogen (secondary N) is 5. The summed E-state index contributed by atoms with van der Waals surface area (Å²) in [6, 6.07) is 6.30. The number of ether oxygens (including phenoxy) is 23. The molecule has 0 fully saturated rings. The van der Waals surface area contributed by atoms with E-state index in [9.17, 15) is 101 Å². The van der Waals surface area contributed by atoms with Gasteiger partial charge in [0.2, 0.25) is 5.91 Å². The molecule has 0 saturated carbocycles. The number of rotatable bonds is 62. The monoisotopic (exact) mass is 2070 g/mol. The number of alkyl carbamates (subject to hydrolysis) is 4. The zero-order valence-electron chi connectivity index (χ0n) is 85.7. The molecule has 1 aromatic carbocycles. The van der Waals surface area contributed by atoms with Crippen molar-refractivity contribution in [2.24, 2.45) is 17.3 Å². The number of ketones is 6. The van der Waals surface area contributed by atoms with Crippen LogP contribution in [-0.4, -0.2) is 374 Å². The number of carbonyl (C=O) groups is 21. The van der Waals surface area contributed by atoms with Crippen LogP contribution >= 0.6 is 11.8 Å². The third kappa shape index (κ3) is 79.2. The standard InChI is InChI=1S/C24H32O10.C17H27NO8S.C16H32O8.C14H18O7.C11H20N2O5.C10H18N2O6.CH4/c1-15(25)10-34-23-8-6-7-20(9-23)24(21(11-30-16(2)26)12-31-17(3)27)22(13-32-18(4)28)14-33-19(5)29;1-12(19)7-16(23)18-5-6-27-11-17(8-24-13(2)20,9-25-14(3)21)10-26-15(4)22;1-13(17)6-22-16(11-23-14(7-18-2)8-19-3)12-24-15(9-20-4)10-21-5;1-7(15)11-5-12(19-8(2)16)14(21-10(4)18)13(6-11)20-9(3)17;1-8(14)9(13-11(16)18-3)6-4-5-7-12-10(15)17-2;1-7(13)4-16-8(5-17-9(14)11-2)6-18-10(15)12-3;/h6-9,21-22,24H,10-14H2,1-5H3;5-11H2,1-4H3,(H,18,23);14-16H,6-12H2,1-5H3;5,12-14H,6H2,1-4H3;9H,4-7H2,1-3H3,(H,12,15)(H,13,16);8H,4-6H2,1-3H3,(H,11,14)(H,12,15);1H4/t;;;12-,13-,14-;;;/m...1.../s1. The molecule has 1 aromatic rings. The SMILES string of the molecule is C.CC(=O)CC(=O)NCCSCC(COC(C)=O)(COC(C)=O)COC(C)=O.CC(=O)COc1cccc(C(C(COC(C)=O)COC(C)=O)C(COC(C)=O)COC(C)=O)c1.CC(=O)O[C@@H]1[C@H](OC(C)=O)C=C(C(C)=O)C[C@H]1OC(C)=O.CNC(=O)OCC(COC(=O)NC)OCC(C)=O.COC(=O)NCCCCC(NC(=O)OC)C(C)=O.COCC(COC)OCC(COC(COC)COC)OCC(C)=O. The van der Waals surface area contributed by atoms with Crippen LogP contribution in [0.25, 0.3) is 0 Å². The number of hydrogen-bond acceptors (Lipinski definition) is 45. The van der Waals surface area contributed by atoms with E-state index in [1.165, 1.54) is 157 Å². The van der Waals surface area contributed by atoms with Gasteiger partial charge in [0.25, 0.3) is 0 Å². The van der Waals surface area contributed by atoms with Gasteiger partial charge in [-0.25, -0.2) is 19.2 Å². The summed E-state index contributed by atoms with van der Waals surface area (Å²) < 4.78 is 118. The molecule has 5 N–H and O–H groups in total. The summed E-state index contributed by atoms with van der Waals surface area (Å²) in [6.45, 7) is 22.4. The molecular formula is C93H151N5O44S. The number of thioether (sulfide) groups is 1. The van der Waals surface area contributed by atoms with Gasteiger partial charge in [-0.3, -0.25) is 81.5 Å². The molecule has 0 bridgehead atoms. The van der Waals surface area contributed by atoms with E-state index in [2.05, 4.69) is 36.1 Å². The highest BCUT2D eigenvalue weighted by Gasteiger charge is 2.42. The van der Waals surface area contributed by atoms with Gasteiger partial charge < -0.3 is 136 Å². The fourth-order valence-corrected chi connectivity index (χ4v) is 12.5. The van der Waals surface area contributed by atoms with E-state index < -0.39 is 138 Å². The second-order valence-corrected chi connectivity index (χ2v) is 32.2. The molecule has 0 aliphatic heterocycles. The number of esters is 10.